The van der Waals surface area contributed by atoms with Crippen LogP contribution in [0.25, 0.3) is 11.0 Å². The number of ether oxygens (including phenoxy) is 1. The summed E-state index contributed by atoms with van der Waals surface area (Å²) >= 11 is 0. The van der Waals surface area contributed by atoms with Crippen LogP contribution >= 0.6 is 0 Å². The lowest BCUT2D eigenvalue weighted by molar-refractivity contribution is -0.274. The van der Waals surface area contributed by atoms with Crippen molar-refractivity contribution in [2.45, 2.75) is 25.2 Å². The highest BCUT2D eigenvalue weighted by molar-refractivity contribution is 5.73. The third-order valence-electron chi connectivity index (χ3n) is 4.78. The second kappa shape index (κ2) is 6.93. The summed E-state index contributed by atoms with van der Waals surface area (Å²) in [5, 5.41) is 4.68. The van der Waals surface area contributed by atoms with E-state index in [1.807, 2.05) is 7.05 Å². The molecule has 0 aliphatic carbocycles. The van der Waals surface area contributed by atoms with Gasteiger partial charge in [0.1, 0.15) is 17.0 Å². The van der Waals surface area contributed by atoms with Gasteiger partial charge in [0.25, 0.3) is 5.56 Å². The quantitative estimate of drug-likeness (QED) is 0.737. The van der Waals surface area contributed by atoms with Crippen LogP contribution in [-0.4, -0.2) is 51.1 Å². The zero-order valence-corrected chi connectivity index (χ0v) is 15.0. The van der Waals surface area contributed by atoms with Gasteiger partial charge in [0.15, 0.2) is 5.65 Å². The van der Waals surface area contributed by atoms with Crippen LogP contribution in [0.4, 0.5) is 13.2 Å². The molecule has 1 aromatic carbocycles. The second-order valence-electron chi connectivity index (χ2n) is 6.88. The van der Waals surface area contributed by atoms with Crippen molar-refractivity contribution in [1.82, 2.24) is 24.6 Å². The maximum Gasteiger partial charge on any atom is 0.573 e. The molecule has 1 aliphatic rings. The van der Waals surface area contributed by atoms with Crippen LogP contribution in [0.15, 0.2) is 35.3 Å². The molecule has 3 heterocycles. The Morgan fingerprint density at radius 3 is 2.82 bits per heavy atom. The number of para-hydroxylation sites is 1. The molecule has 3 aromatic rings. The lowest BCUT2D eigenvalue weighted by Gasteiger charge is -2.14. The molecule has 148 valence electrons. The maximum absolute atomic E-state index is 12.6. The molecule has 7 nitrogen and oxygen atoms in total. The lowest BCUT2D eigenvalue weighted by Crippen LogP contribution is -2.19. The van der Waals surface area contributed by atoms with Gasteiger partial charge in [0, 0.05) is 25.1 Å². The molecule has 1 atom stereocenters. The molecule has 10 heteroatoms. The van der Waals surface area contributed by atoms with E-state index in [1.165, 1.54) is 24.4 Å². The number of aromatic nitrogens is 4. The van der Waals surface area contributed by atoms with E-state index >= 15 is 0 Å². The summed E-state index contributed by atoms with van der Waals surface area (Å²) in [4.78, 5) is 21.7. The van der Waals surface area contributed by atoms with E-state index in [-0.39, 0.29) is 35.2 Å². The molecule has 0 spiro atoms. The van der Waals surface area contributed by atoms with E-state index in [2.05, 4.69) is 24.7 Å². The zero-order valence-electron chi connectivity index (χ0n) is 15.0. The van der Waals surface area contributed by atoms with Crippen molar-refractivity contribution in [3.8, 4) is 5.75 Å². The molecule has 1 fully saturated rings. The fraction of sp³-hybridized carbons (Fsp3) is 0.389. The van der Waals surface area contributed by atoms with E-state index < -0.39 is 6.36 Å². The van der Waals surface area contributed by atoms with Gasteiger partial charge in [-0.15, -0.1) is 13.2 Å². The number of rotatable bonds is 4. The zero-order chi connectivity index (χ0) is 19.9. The highest BCUT2D eigenvalue weighted by atomic mass is 19.4. The van der Waals surface area contributed by atoms with Crippen LogP contribution < -0.4 is 10.3 Å². The van der Waals surface area contributed by atoms with Gasteiger partial charge in [-0.3, -0.25) is 4.79 Å². The van der Waals surface area contributed by atoms with Crippen LogP contribution in [0.3, 0.4) is 0 Å². The number of nitrogens with zero attached hydrogens (tertiary/aromatic N) is 4. The Bertz CT molecular complexity index is 1060. The van der Waals surface area contributed by atoms with Crippen LogP contribution in [-0.2, 0) is 6.42 Å². The predicted octanol–water partition coefficient (Wildman–Crippen LogP) is 2.49. The van der Waals surface area contributed by atoms with Crippen LogP contribution in [0.1, 0.15) is 23.9 Å². The summed E-state index contributed by atoms with van der Waals surface area (Å²) in [5.74, 6) is -0.0625. The smallest absolute Gasteiger partial charge is 0.405 e. The number of fused-ring (bicyclic) bond motifs is 1. The molecular weight excluding hydrogens is 375 g/mol. The molecule has 1 N–H and O–H groups in total. The van der Waals surface area contributed by atoms with E-state index in [0.29, 0.717) is 11.0 Å². The first kappa shape index (κ1) is 18.5. The van der Waals surface area contributed by atoms with E-state index in [4.69, 9.17) is 0 Å². The van der Waals surface area contributed by atoms with Crippen molar-refractivity contribution in [1.29, 1.82) is 0 Å². The Kier molecular flexibility index (Phi) is 4.58. The number of hydrogen-bond donors (Lipinski definition) is 1. The number of benzene rings is 1. The number of nitrogens with one attached hydrogen (secondary N) is 1. The minimum Gasteiger partial charge on any atom is -0.405 e. The van der Waals surface area contributed by atoms with Crippen molar-refractivity contribution in [3.63, 3.8) is 0 Å². The van der Waals surface area contributed by atoms with Gasteiger partial charge in [0.2, 0.25) is 0 Å². The number of halogens is 3. The Hall–Kier alpha value is -2.88. The molecule has 0 bridgehead atoms. The summed E-state index contributed by atoms with van der Waals surface area (Å²) in [6.07, 6.45) is -2.44. The fourth-order valence-electron chi connectivity index (χ4n) is 3.50. The van der Waals surface area contributed by atoms with Crippen LogP contribution in [0, 0.1) is 0 Å². The Labute approximate surface area is 157 Å². The molecular formula is C18H18F3N5O2. The highest BCUT2D eigenvalue weighted by Crippen LogP contribution is 2.28. The summed E-state index contributed by atoms with van der Waals surface area (Å²) in [7, 11) is 2.01. The number of aromatic amines is 1. The third-order valence-corrected chi connectivity index (χ3v) is 4.78. The SMILES string of the molecule is CN1CCC(n2ncc3c(=O)[nH]c(Cc4ccccc4OC(F)(F)F)nc32)C1. The van der Waals surface area contributed by atoms with Gasteiger partial charge in [-0.25, -0.2) is 9.67 Å². The second-order valence-corrected chi connectivity index (χ2v) is 6.88. The standard InChI is InChI=1S/C18H18F3N5O2/c1-25-7-6-12(10-25)26-16-13(9-22-26)17(27)24-15(23-16)8-11-4-2-3-5-14(11)28-18(19,20)21/h2-5,9,12H,6-8,10H2,1H3,(H,23,24,27). The first-order chi connectivity index (χ1) is 13.3. The Morgan fingerprint density at radius 2 is 2.11 bits per heavy atom. The summed E-state index contributed by atoms with van der Waals surface area (Å²) in [5.41, 5.74) is 0.342. The maximum atomic E-state index is 12.6. The van der Waals surface area contributed by atoms with Crippen molar-refractivity contribution in [2.75, 3.05) is 20.1 Å². The van der Waals surface area contributed by atoms with E-state index in [9.17, 15) is 18.0 Å². The van der Waals surface area contributed by atoms with Crippen molar-refractivity contribution < 1.29 is 17.9 Å². The van der Waals surface area contributed by atoms with Gasteiger partial charge in [0.05, 0.1) is 12.2 Å². The van der Waals surface area contributed by atoms with Crippen molar-refractivity contribution in [3.05, 3.63) is 52.2 Å². The highest BCUT2D eigenvalue weighted by Gasteiger charge is 2.32. The minimum atomic E-state index is -4.80. The first-order valence-corrected chi connectivity index (χ1v) is 8.79. The minimum absolute atomic E-state index is 0.00676. The van der Waals surface area contributed by atoms with Crippen LogP contribution in [0.2, 0.25) is 0 Å². The molecule has 4 rings (SSSR count). The van der Waals surface area contributed by atoms with Gasteiger partial charge < -0.3 is 14.6 Å². The molecule has 0 saturated carbocycles. The lowest BCUT2D eigenvalue weighted by atomic mass is 10.1. The molecule has 1 aliphatic heterocycles. The number of hydrogen-bond acceptors (Lipinski definition) is 5. The molecule has 1 saturated heterocycles. The summed E-state index contributed by atoms with van der Waals surface area (Å²) in [6.45, 7) is 1.72. The van der Waals surface area contributed by atoms with Crippen LogP contribution in [0.5, 0.6) is 5.75 Å². The third kappa shape index (κ3) is 3.72. The predicted molar refractivity (Wildman–Crippen MR) is 95.2 cm³/mol. The average molecular weight is 393 g/mol. The molecule has 0 radical (unpaired) electrons. The van der Waals surface area contributed by atoms with E-state index in [0.717, 1.165) is 19.5 Å². The van der Waals surface area contributed by atoms with Gasteiger partial charge in [-0.05, 0) is 19.5 Å². The van der Waals surface area contributed by atoms with Gasteiger partial charge >= 0.3 is 6.36 Å². The largest absolute Gasteiger partial charge is 0.573 e. The molecule has 0 amide bonds. The number of H-pyrrole nitrogens is 1. The summed E-state index contributed by atoms with van der Waals surface area (Å²) in [6, 6.07) is 5.90. The molecule has 1 unspecified atom stereocenters. The number of alkyl halides is 3. The first-order valence-electron chi connectivity index (χ1n) is 8.79. The molecule has 2 aromatic heterocycles. The van der Waals surface area contributed by atoms with Gasteiger partial charge in [-0.2, -0.15) is 5.10 Å². The van der Waals surface area contributed by atoms with Crippen molar-refractivity contribution >= 4 is 11.0 Å². The number of likely N-dealkylation sites (tertiary alicyclic amines) is 1. The monoisotopic (exact) mass is 393 g/mol. The van der Waals surface area contributed by atoms with Gasteiger partial charge in [-0.1, -0.05) is 18.2 Å². The summed E-state index contributed by atoms with van der Waals surface area (Å²) < 4.78 is 43.7. The van der Waals surface area contributed by atoms with Crippen molar-refractivity contribution in [2.24, 2.45) is 0 Å². The normalized spacial score (nSPS) is 18.1. The Balaban J connectivity index is 1.70. The average Bonchev–Trinajstić information content (AvgIpc) is 3.21. The number of likely N-dealkylation sites (N-methyl/N-ethyl adjacent to an activating group) is 1. The Morgan fingerprint density at radius 1 is 1.32 bits per heavy atom. The fourth-order valence-corrected chi connectivity index (χ4v) is 3.50. The topological polar surface area (TPSA) is 76.0 Å². The van der Waals surface area contributed by atoms with E-state index in [1.54, 1.807) is 10.7 Å². The molecule has 28 heavy (non-hydrogen) atoms.